The highest BCUT2D eigenvalue weighted by molar-refractivity contribution is 7.26. The molecule has 0 bridgehead atoms. The smallest absolute Gasteiger partial charge is 0.0722 e. The summed E-state index contributed by atoms with van der Waals surface area (Å²) in [5.74, 6) is 0. The van der Waals surface area contributed by atoms with Gasteiger partial charge in [-0.25, -0.2) is 4.98 Å². The molecule has 0 atom stereocenters. The minimum atomic E-state index is 0.966. The van der Waals surface area contributed by atoms with Gasteiger partial charge >= 0.3 is 0 Å². The van der Waals surface area contributed by atoms with Gasteiger partial charge in [0.1, 0.15) is 0 Å². The predicted octanol–water partition coefficient (Wildman–Crippen LogP) is 13.9. The number of nitrogens with zero attached hydrogens (tertiary/aromatic N) is 2. The summed E-state index contributed by atoms with van der Waals surface area (Å²) in [6, 6.07) is 66.2. The summed E-state index contributed by atoms with van der Waals surface area (Å²) in [6.45, 7) is 0. The number of fused-ring (bicyclic) bond motifs is 9. The summed E-state index contributed by atoms with van der Waals surface area (Å²) < 4.78 is 5.06. The SMILES string of the molecule is c1ccc(-c2cc(-c3cc(-c4cccc5c4sc4ccccc45)cc(-n4c5ccccc5c5ccccc54)c3)c3c(ccc4ccccc43)n2)cc1. The number of hydrogen-bond donors (Lipinski definition) is 0. The van der Waals surface area contributed by atoms with Gasteiger partial charge in [-0.3, -0.25) is 0 Å². The Balaban J connectivity index is 1.28. The summed E-state index contributed by atoms with van der Waals surface area (Å²) in [7, 11) is 0. The van der Waals surface area contributed by atoms with Crippen LogP contribution in [0, 0.1) is 0 Å². The van der Waals surface area contributed by atoms with Gasteiger partial charge in [-0.15, -0.1) is 11.3 Å². The van der Waals surface area contributed by atoms with Crippen molar-refractivity contribution in [3.63, 3.8) is 0 Å². The van der Waals surface area contributed by atoms with Crippen molar-refractivity contribution in [3.8, 4) is 39.2 Å². The number of aromatic nitrogens is 2. The summed E-state index contributed by atoms with van der Waals surface area (Å²) in [5, 5.41) is 8.70. The molecule has 0 aliphatic rings. The molecule has 0 spiro atoms. The second-order valence-electron chi connectivity index (χ2n) is 13.5. The van der Waals surface area contributed by atoms with E-state index in [0.29, 0.717) is 0 Å². The zero-order valence-corrected chi connectivity index (χ0v) is 28.9. The monoisotopic (exact) mass is 678 g/mol. The van der Waals surface area contributed by atoms with Gasteiger partial charge in [0.25, 0.3) is 0 Å². The Morgan fingerprint density at radius 1 is 0.423 bits per heavy atom. The van der Waals surface area contributed by atoms with Crippen LogP contribution < -0.4 is 0 Å². The molecule has 0 saturated heterocycles. The lowest BCUT2D eigenvalue weighted by Gasteiger charge is -2.17. The van der Waals surface area contributed by atoms with Gasteiger partial charge in [-0.2, -0.15) is 0 Å². The van der Waals surface area contributed by atoms with Crippen LogP contribution in [0.2, 0.25) is 0 Å². The van der Waals surface area contributed by atoms with Crippen molar-refractivity contribution in [1.82, 2.24) is 9.55 Å². The number of thiophene rings is 1. The maximum atomic E-state index is 5.28. The number of pyridine rings is 1. The van der Waals surface area contributed by atoms with E-state index >= 15 is 0 Å². The third-order valence-electron chi connectivity index (χ3n) is 10.6. The van der Waals surface area contributed by atoms with E-state index < -0.39 is 0 Å². The largest absolute Gasteiger partial charge is 0.309 e. The molecule has 3 heteroatoms. The predicted molar refractivity (Wildman–Crippen MR) is 223 cm³/mol. The highest BCUT2D eigenvalue weighted by Gasteiger charge is 2.19. The summed E-state index contributed by atoms with van der Waals surface area (Å²) in [5.41, 5.74) is 11.4. The Labute approximate surface area is 304 Å². The Bertz CT molecular complexity index is 3130. The summed E-state index contributed by atoms with van der Waals surface area (Å²) in [4.78, 5) is 5.28. The van der Waals surface area contributed by atoms with Crippen LogP contribution in [0.5, 0.6) is 0 Å². The number of para-hydroxylation sites is 2. The van der Waals surface area contributed by atoms with Crippen LogP contribution in [-0.4, -0.2) is 9.55 Å². The van der Waals surface area contributed by atoms with Gasteiger partial charge in [0.15, 0.2) is 0 Å². The first-order valence-electron chi connectivity index (χ1n) is 17.7. The van der Waals surface area contributed by atoms with Gasteiger partial charge in [0.05, 0.1) is 22.2 Å². The summed E-state index contributed by atoms with van der Waals surface area (Å²) in [6.07, 6.45) is 0. The maximum absolute atomic E-state index is 5.28. The third kappa shape index (κ3) is 4.46. The van der Waals surface area contributed by atoms with E-state index in [-0.39, 0.29) is 0 Å². The topological polar surface area (TPSA) is 17.8 Å². The molecule has 242 valence electrons. The molecule has 2 nitrogen and oxygen atoms in total. The van der Waals surface area contributed by atoms with Crippen molar-refractivity contribution in [1.29, 1.82) is 0 Å². The van der Waals surface area contributed by atoms with Crippen LogP contribution >= 0.6 is 11.3 Å². The van der Waals surface area contributed by atoms with Crippen LogP contribution in [0.1, 0.15) is 0 Å². The quantitative estimate of drug-likeness (QED) is 0.169. The minimum absolute atomic E-state index is 0.966. The van der Waals surface area contributed by atoms with Gasteiger partial charge < -0.3 is 4.57 Å². The Hall–Kier alpha value is -6.55. The molecule has 0 saturated carbocycles. The molecule has 0 radical (unpaired) electrons. The molecule has 0 fully saturated rings. The first kappa shape index (κ1) is 29.2. The summed E-state index contributed by atoms with van der Waals surface area (Å²) >= 11 is 1.88. The molecule has 0 N–H and O–H groups in total. The van der Waals surface area contributed by atoms with Crippen LogP contribution in [0.15, 0.2) is 182 Å². The van der Waals surface area contributed by atoms with E-state index in [1.807, 2.05) is 11.3 Å². The van der Waals surface area contributed by atoms with E-state index in [2.05, 4.69) is 187 Å². The molecule has 11 aromatic rings. The first-order valence-corrected chi connectivity index (χ1v) is 18.5. The van der Waals surface area contributed by atoms with Crippen LogP contribution in [-0.2, 0) is 0 Å². The fourth-order valence-corrected chi connectivity index (χ4v) is 9.46. The van der Waals surface area contributed by atoms with Crippen LogP contribution in [0.25, 0.3) is 103 Å². The number of rotatable bonds is 4. The number of benzene rings is 8. The molecule has 0 amide bonds. The molecule has 0 aliphatic carbocycles. The molecule has 0 aliphatic heterocycles. The van der Waals surface area contributed by atoms with Crippen molar-refractivity contribution >= 4 is 75.0 Å². The normalized spacial score (nSPS) is 11.8. The van der Waals surface area contributed by atoms with E-state index in [9.17, 15) is 0 Å². The molecule has 0 unspecified atom stereocenters. The standard InChI is InChI=1S/C49H30N2S/c1-2-14-32(15-3-1)44-30-42(48-36-16-5-4-13-31(36)25-26-43(48)50-44)34-27-33(37-20-12-21-41-40-19-8-11-24-47(40)52-49(37)41)28-35(29-34)51-45-22-9-6-17-38(45)39-18-7-10-23-46(39)51/h1-30H. The van der Waals surface area contributed by atoms with Gasteiger partial charge in [-0.1, -0.05) is 133 Å². The van der Waals surface area contributed by atoms with Gasteiger partial charge in [0.2, 0.25) is 0 Å². The average molecular weight is 679 g/mol. The lowest BCUT2D eigenvalue weighted by atomic mass is 9.92. The fourth-order valence-electron chi connectivity index (χ4n) is 8.22. The Morgan fingerprint density at radius 3 is 1.85 bits per heavy atom. The second-order valence-corrected chi connectivity index (χ2v) is 14.6. The average Bonchev–Trinajstić information content (AvgIpc) is 3.76. The molecule has 11 rings (SSSR count). The fraction of sp³-hybridized carbons (Fsp3) is 0. The first-order chi connectivity index (χ1) is 25.8. The lowest BCUT2D eigenvalue weighted by molar-refractivity contribution is 1.18. The molecule has 8 aromatic carbocycles. The molecule has 52 heavy (non-hydrogen) atoms. The maximum Gasteiger partial charge on any atom is 0.0722 e. The van der Waals surface area contributed by atoms with Gasteiger partial charge in [0, 0.05) is 47.6 Å². The van der Waals surface area contributed by atoms with Crippen LogP contribution in [0.3, 0.4) is 0 Å². The van der Waals surface area contributed by atoms with E-state index in [1.165, 1.54) is 74.8 Å². The van der Waals surface area contributed by atoms with Crippen molar-refractivity contribution < 1.29 is 0 Å². The minimum Gasteiger partial charge on any atom is -0.309 e. The highest BCUT2D eigenvalue weighted by Crippen LogP contribution is 2.44. The van der Waals surface area contributed by atoms with Crippen molar-refractivity contribution in [2.45, 2.75) is 0 Å². The Kier molecular flexibility index (Phi) is 6.46. The third-order valence-corrected chi connectivity index (χ3v) is 11.8. The second kappa shape index (κ2) is 11.5. The van der Waals surface area contributed by atoms with E-state index in [0.717, 1.165) is 28.0 Å². The zero-order valence-electron chi connectivity index (χ0n) is 28.1. The van der Waals surface area contributed by atoms with Crippen molar-refractivity contribution in [2.75, 3.05) is 0 Å². The van der Waals surface area contributed by atoms with E-state index in [4.69, 9.17) is 4.98 Å². The zero-order chi connectivity index (χ0) is 34.2. The van der Waals surface area contributed by atoms with Gasteiger partial charge in [-0.05, 0) is 81.6 Å². The van der Waals surface area contributed by atoms with Crippen LogP contribution in [0.4, 0.5) is 0 Å². The lowest BCUT2D eigenvalue weighted by Crippen LogP contribution is -1.97. The Morgan fingerprint density at radius 2 is 1.06 bits per heavy atom. The molecular weight excluding hydrogens is 649 g/mol. The van der Waals surface area contributed by atoms with E-state index in [1.54, 1.807) is 0 Å². The van der Waals surface area contributed by atoms with Crippen molar-refractivity contribution in [2.24, 2.45) is 0 Å². The molecular formula is C49H30N2S. The molecule has 3 aromatic heterocycles. The van der Waals surface area contributed by atoms with Crippen molar-refractivity contribution in [3.05, 3.63) is 182 Å². The molecule has 3 heterocycles. The highest BCUT2D eigenvalue weighted by atomic mass is 32.1. The number of hydrogen-bond acceptors (Lipinski definition) is 2.